The third-order valence-corrected chi connectivity index (χ3v) is 6.43. The minimum absolute atomic E-state index is 0.135. The Labute approximate surface area is 178 Å². The van der Waals surface area contributed by atoms with Gasteiger partial charge in [-0.3, -0.25) is 13.9 Å². The molecular weight excluding hydrogens is 458 g/mol. The summed E-state index contributed by atoms with van der Waals surface area (Å²) in [5, 5.41) is 2.70. The van der Waals surface area contributed by atoms with Gasteiger partial charge in [0.05, 0.1) is 23.2 Å². The first-order chi connectivity index (χ1) is 13.8. The highest BCUT2D eigenvalue weighted by Crippen LogP contribution is 2.28. The van der Waals surface area contributed by atoms with Gasteiger partial charge in [0.2, 0.25) is 15.9 Å². The van der Waals surface area contributed by atoms with E-state index in [1.807, 2.05) is 0 Å². The second kappa shape index (κ2) is 8.96. The van der Waals surface area contributed by atoms with Crippen molar-refractivity contribution in [1.82, 2.24) is 4.90 Å². The minimum atomic E-state index is -3.70. The third kappa shape index (κ3) is 5.16. The number of nitrogens with one attached hydrogen (secondary N) is 1. The molecule has 0 atom stereocenters. The van der Waals surface area contributed by atoms with Crippen molar-refractivity contribution in [3.8, 4) is 0 Å². The molecule has 1 heterocycles. The van der Waals surface area contributed by atoms with E-state index in [2.05, 4.69) is 21.2 Å². The molecule has 1 saturated heterocycles. The minimum Gasteiger partial charge on any atom is -0.339 e. The molecule has 0 bridgehead atoms. The Morgan fingerprint density at radius 2 is 1.69 bits per heavy atom. The zero-order valence-electron chi connectivity index (χ0n) is 16.0. The van der Waals surface area contributed by atoms with Gasteiger partial charge in [0, 0.05) is 17.6 Å². The summed E-state index contributed by atoms with van der Waals surface area (Å²) in [6, 6.07) is 13.5. The standard InChI is InChI=1S/C20H22BrN3O4S/c1-29(27,28)24(18-11-5-3-9-16(18)21)14-19(25)22-17-10-4-2-8-15(17)20(26)23-12-6-7-13-23/h2-5,8-11H,6-7,12-14H2,1H3,(H,22,25). The van der Waals surface area contributed by atoms with Gasteiger partial charge in [0.25, 0.3) is 5.91 Å². The van der Waals surface area contributed by atoms with Crippen LogP contribution in [0.5, 0.6) is 0 Å². The molecular formula is C20H22BrN3O4S. The van der Waals surface area contributed by atoms with Gasteiger partial charge in [-0.2, -0.15) is 0 Å². The van der Waals surface area contributed by atoms with Crippen molar-refractivity contribution in [3.05, 3.63) is 58.6 Å². The van der Waals surface area contributed by atoms with Gasteiger partial charge in [-0.05, 0) is 53.0 Å². The number of amides is 2. The van der Waals surface area contributed by atoms with E-state index < -0.39 is 22.5 Å². The Morgan fingerprint density at radius 3 is 2.34 bits per heavy atom. The summed E-state index contributed by atoms with van der Waals surface area (Å²) in [4.78, 5) is 27.2. The van der Waals surface area contributed by atoms with Crippen molar-refractivity contribution >= 4 is 49.1 Å². The Hall–Kier alpha value is -2.39. The molecule has 9 heteroatoms. The van der Waals surface area contributed by atoms with Crippen molar-refractivity contribution in [2.75, 3.05) is 35.5 Å². The number of rotatable bonds is 6. The molecule has 1 aliphatic heterocycles. The number of halogens is 1. The van der Waals surface area contributed by atoms with Gasteiger partial charge >= 0.3 is 0 Å². The molecule has 7 nitrogen and oxygen atoms in total. The SMILES string of the molecule is CS(=O)(=O)N(CC(=O)Nc1ccccc1C(=O)N1CCCC1)c1ccccc1Br. The molecule has 1 fully saturated rings. The predicted octanol–water partition coefficient (Wildman–Crippen LogP) is 3.09. The number of carbonyl (C=O) groups excluding carboxylic acids is 2. The van der Waals surface area contributed by atoms with Gasteiger partial charge in [0.1, 0.15) is 6.54 Å². The van der Waals surface area contributed by atoms with Crippen LogP contribution in [0.4, 0.5) is 11.4 Å². The number of carbonyl (C=O) groups is 2. The van der Waals surface area contributed by atoms with E-state index in [1.165, 1.54) is 0 Å². The molecule has 2 aromatic carbocycles. The van der Waals surface area contributed by atoms with Gasteiger partial charge in [-0.1, -0.05) is 24.3 Å². The van der Waals surface area contributed by atoms with Crippen LogP contribution in [0.3, 0.4) is 0 Å². The van der Waals surface area contributed by atoms with Crippen LogP contribution in [0.15, 0.2) is 53.0 Å². The highest BCUT2D eigenvalue weighted by Gasteiger charge is 2.25. The average Bonchev–Trinajstić information content (AvgIpc) is 3.21. The highest BCUT2D eigenvalue weighted by molar-refractivity contribution is 9.10. The van der Waals surface area contributed by atoms with E-state index in [0.717, 1.165) is 23.4 Å². The maximum Gasteiger partial charge on any atom is 0.255 e. The van der Waals surface area contributed by atoms with Crippen molar-refractivity contribution in [3.63, 3.8) is 0 Å². The molecule has 3 rings (SSSR count). The van der Waals surface area contributed by atoms with Gasteiger partial charge in [0.15, 0.2) is 0 Å². The van der Waals surface area contributed by atoms with Crippen molar-refractivity contribution in [2.24, 2.45) is 0 Å². The number of para-hydroxylation sites is 2. The molecule has 0 unspecified atom stereocenters. The van der Waals surface area contributed by atoms with E-state index in [4.69, 9.17) is 0 Å². The smallest absolute Gasteiger partial charge is 0.255 e. The zero-order chi connectivity index (χ0) is 21.0. The van der Waals surface area contributed by atoms with E-state index in [9.17, 15) is 18.0 Å². The fourth-order valence-corrected chi connectivity index (χ4v) is 4.71. The number of anilines is 2. The molecule has 0 spiro atoms. The van der Waals surface area contributed by atoms with Crippen LogP contribution >= 0.6 is 15.9 Å². The summed E-state index contributed by atoms with van der Waals surface area (Å²) in [6.45, 7) is 0.990. The lowest BCUT2D eigenvalue weighted by Crippen LogP contribution is -2.38. The Morgan fingerprint density at radius 1 is 1.07 bits per heavy atom. The molecule has 2 amide bonds. The van der Waals surface area contributed by atoms with Gasteiger partial charge in [-0.15, -0.1) is 0 Å². The fraction of sp³-hybridized carbons (Fsp3) is 0.300. The second-order valence-electron chi connectivity index (χ2n) is 6.81. The number of hydrogen-bond donors (Lipinski definition) is 1. The molecule has 0 radical (unpaired) electrons. The molecule has 154 valence electrons. The quantitative estimate of drug-likeness (QED) is 0.689. The fourth-order valence-electron chi connectivity index (χ4n) is 3.22. The largest absolute Gasteiger partial charge is 0.339 e. The summed E-state index contributed by atoms with van der Waals surface area (Å²) in [7, 11) is -3.70. The number of likely N-dealkylation sites (tertiary alicyclic amines) is 1. The molecule has 0 aromatic heterocycles. The zero-order valence-corrected chi connectivity index (χ0v) is 18.4. The number of sulfonamides is 1. The van der Waals surface area contributed by atoms with Crippen LogP contribution in [-0.2, 0) is 14.8 Å². The van der Waals surface area contributed by atoms with Crippen molar-refractivity contribution < 1.29 is 18.0 Å². The number of nitrogens with zero attached hydrogens (tertiary/aromatic N) is 2. The van der Waals surface area contributed by atoms with Crippen LogP contribution in [0.25, 0.3) is 0 Å². The summed E-state index contributed by atoms with van der Waals surface area (Å²) < 4.78 is 26.2. The average molecular weight is 480 g/mol. The summed E-state index contributed by atoms with van der Waals surface area (Å²) in [5.74, 6) is -0.669. The molecule has 1 N–H and O–H groups in total. The number of benzene rings is 2. The Balaban J connectivity index is 1.81. The molecule has 1 aliphatic rings. The summed E-state index contributed by atoms with van der Waals surface area (Å²) in [6.07, 6.45) is 2.98. The lowest BCUT2D eigenvalue weighted by molar-refractivity contribution is -0.114. The topological polar surface area (TPSA) is 86.8 Å². The van der Waals surface area contributed by atoms with Gasteiger partial charge in [-0.25, -0.2) is 8.42 Å². The monoisotopic (exact) mass is 479 g/mol. The van der Waals surface area contributed by atoms with Crippen molar-refractivity contribution in [1.29, 1.82) is 0 Å². The lowest BCUT2D eigenvalue weighted by atomic mass is 10.1. The molecule has 0 aliphatic carbocycles. The summed E-state index contributed by atoms with van der Waals surface area (Å²) in [5.41, 5.74) is 1.14. The normalized spacial score (nSPS) is 13.9. The first-order valence-corrected chi connectivity index (χ1v) is 11.8. The number of hydrogen-bond acceptors (Lipinski definition) is 4. The maximum atomic E-state index is 12.8. The Bertz CT molecular complexity index is 1020. The maximum absolute atomic E-state index is 12.8. The van der Waals surface area contributed by atoms with Gasteiger partial charge < -0.3 is 10.2 Å². The third-order valence-electron chi connectivity index (χ3n) is 4.63. The van der Waals surface area contributed by atoms with Crippen LogP contribution in [0, 0.1) is 0 Å². The van der Waals surface area contributed by atoms with Crippen LogP contribution in [0.1, 0.15) is 23.2 Å². The first kappa shape index (κ1) is 21.3. The van der Waals surface area contributed by atoms with E-state index >= 15 is 0 Å². The van der Waals surface area contributed by atoms with E-state index in [-0.39, 0.29) is 5.91 Å². The molecule has 0 saturated carbocycles. The second-order valence-corrected chi connectivity index (χ2v) is 9.58. The molecule has 29 heavy (non-hydrogen) atoms. The summed E-state index contributed by atoms with van der Waals surface area (Å²) >= 11 is 3.33. The van der Waals surface area contributed by atoms with Crippen LogP contribution < -0.4 is 9.62 Å². The highest BCUT2D eigenvalue weighted by atomic mass is 79.9. The lowest BCUT2D eigenvalue weighted by Gasteiger charge is -2.23. The first-order valence-electron chi connectivity index (χ1n) is 9.18. The van der Waals surface area contributed by atoms with Crippen LogP contribution in [-0.4, -0.2) is 51.0 Å². The molecule has 2 aromatic rings. The van der Waals surface area contributed by atoms with Crippen LogP contribution in [0.2, 0.25) is 0 Å². The van der Waals surface area contributed by atoms with E-state index in [0.29, 0.717) is 34.5 Å². The Kier molecular flexibility index (Phi) is 6.59. The predicted molar refractivity (Wildman–Crippen MR) is 117 cm³/mol. The van der Waals surface area contributed by atoms with Crippen molar-refractivity contribution in [2.45, 2.75) is 12.8 Å². The van der Waals surface area contributed by atoms with E-state index in [1.54, 1.807) is 53.4 Å².